The average molecular weight is 527 g/mol. The molecule has 186 valence electrons. The topological polar surface area (TPSA) is 159 Å². The molecule has 2 heterocycles. The summed E-state index contributed by atoms with van der Waals surface area (Å²) < 4.78 is 28.6. The molecule has 0 amide bonds. The van der Waals surface area contributed by atoms with Gasteiger partial charge in [-0.1, -0.05) is 43.4 Å². The van der Waals surface area contributed by atoms with Crippen molar-refractivity contribution in [3.8, 4) is 11.6 Å². The number of aryl methyl sites for hydroxylation is 2. The Labute approximate surface area is 209 Å². The lowest BCUT2D eigenvalue weighted by Crippen LogP contribution is -2.31. The molecule has 2 aromatic heterocycles. The van der Waals surface area contributed by atoms with Gasteiger partial charge in [0.15, 0.2) is 0 Å². The quantitative estimate of drug-likeness (QED) is 0.298. The smallest absolute Gasteiger partial charge is 0.335 e. The van der Waals surface area contributed by atoms with Gasteiger partial charge >= 0.3 is 5.69 Å². The highest BCUT2D eigenvalue weighted by Gasteiger charge is 2.18. The predicted octanol–water partition coefficient (Wildman–Crippen LogP) is 2.76. The first-order valence-corrected chi connectivity index (χ1v) is 13.2. The van der Waals surface area contributed by atoms with Crippen molar-refractivity contribution in [1.29, 1.82) is 0 Å². The number of aromatic nitrogens is 4. The van der Waals surface area contributed by atoms with Crippen molar-refractivity contribution in [2.45, 2.75) is 31.6 Å². The molecule has 0 atom stereocenters. The molecule has 36 heavy (non-hydrogen) atoms. The Morgan fingerprint density at radius 1 is 1.08 bits per heavy atom. The molecule has 2 aromatic carbocycles. The standard InChI is InChI=1S/C23H22N6O5S2/c1-3-14-7-5-6-8-18(14)29-21(31)17(20(30)25-23(29)32)13-24-15-9-11-16(12-10-15)36(33,34)28-22-27-26-19(4-2)35-22/h5-13,31H,3-4H2,1-2H3,(H,27,28)(H,25,30,32). The van der Waals surface area contributed by atoms with Gasteiger partial charge in [-0.3, -0.25) is 19.5 Å². The maximum absolute atomic E-state index is 12.6. The molecule has 0 spiro atoms. The van der Waals surface area contributed by atoms with Crippen molar-refractivity contribution >= 4 is 38.4 Å². The highest BCUT2D eigenvalue weighted by Crippen LogP contribution is 2.23. The minimum absolute atomic E-state index is 0.0138. The van der Waals surface area contributed by atoms with E-state index in [0.29, 0.717) is 29.2 Å². The Bertz CT molecular complexity index is 1650. The molecule has 0 aliphatic rings. The number of para-hydroxylation sites is 1. The van der Waals surface area contributed by atoms with Crippen LogP contribution < -0.4 is 16.0 Å². The second-order valence-electron chi connectivity index (χ2n) is 7.53. The number of benzene rings is 2. The number of aliphatic imine (C=N–C) groups is 1. The average Bonchev–Trinajstić information content (AvgIpc) is 3.31. The number of nitrogens with one attached hydrogen (secondary N) is 2. The Hall–Kier alpha value is -4.10. The summed E-state index contributed by atoms with van der Waals surface area (Å²) in [5.41, 5.74) is -0.241. The van der Waals surface area contributed by atoms with Gasteiger partial charge in [-0.25, -0.2) is 17.8 Å². The van der Waals surface area contributed by atoms with E-state index in [4.69, 9.17) is 0 Å². The zero-order valence-corrected chi connectivity index (χ0v) is 20.9. The van der Waals surface area contributed by atoms with Crippen molar-refractivity contribution in [3.63, 3.8) is 0 Å². The number of H-pyrrole nitrogens is 1. The zero-order chi connectivity index (χ0) is 25.9. The summed E-state index contributed by atoms with van der Waals surface area (Å²) in [5.74, 6) is -0.555. The largest absolute Gasteiger partial charge is 0.493 e. The third-order valence-electron chi connectivity index (χ3n) is 5.22. The van der Waals surface area contributed by atoms with Gasteiger partial charge in [0.25, 0.3) is 15.6 Å². The van der Waals surface area contributed by atoms with Crippen LogP contribution in [0.15, 0.2) is 68.0 Å². The molecule has 13 heteroatoms. The molecule has 3 N–H and O–H groups in total. The Kier molecular flexibility index (Phi) is 7.12. The molecular weight excluding hydrogens is 504 g/mol. The van der Waals surface area contributed by atoms with Crippen LogP contribution in [0.3, 0.4) is 0 Å². The van der Waals surface area contributed by atoms with E-state index in [-0.39, 0.29) is 15.6 Å². The first-order valence-electron chi connectivity index (χ1n) is 10.9. The number of hydrogen-bond donors (Lipinski definition) is 3. The van der Waals surface area contributed by atoms with Crippen molar-refractivity contribution < 1.29 is 13.5 Å². The molecule has 0 saturated heterocycles. The van der Waals surface area contributed by atoms with Crippen LogP contribution >= 0.6 is 11.3 Å². The van der Waals surface area contributed by atoms with Crippen LogP contribution in [0.2, 0.25) is 0 Å². The summed E-state index contributed by atoms with van der Waals surface area (Å²) in [7, 11) is -3.88. The number of sulfonamides is 1. The van der Waals surface area contributed by atoms with Crippen LogP contribution in [-0.4, -0.2) is 39.5 Å². The highest BCUT2D eigenvalue weighted by molar-refractivity contribution is 7.93. The number of rotatable bonds is 8. The third kappa shape index (κ3) is 5.11. The van der Waals surface area contributed by atoms with Gasteiger partial charge in [0.2, 0.25) is 11.0 Å². The van der Waals surface area contributed by atoms with Crippen LogP contribution in [0, 0.1) is 0 Å². The molecule has 0 aliphatic carbocycles. The lowest BCUT2D eigenvalue weighted by molar-refractivity contribution is 0.429. The molecule has 4 aromatic rings. The summed E-state index contributed by atoms with van der Waals surface area (Å²) in [5, 5.41) is 19.3. The van der Waals surface area contributed by atoms with Gasteiger partial charge in [-0.05, 0) is 48.7 Å². The van der Waals surface area contributed by atoms with E-state index in [1.54, 1.807) is 12.1 Å². The summed E-state index contributed by atoms with van der Waals surface area (Å²) in [6.07, 6.45) is 2.37. The number of nitrogens with zero attached hydrogens (tertiary/aromatic N) is 4. The van der Waals surface area contributed by atoms with Crippen LogP contribution in [0.4, 0.5) is 10.8 Å². The van der Waals surface area contributed by atoms with Crippen molar-refractivity contribution in [3.05, 3.63) is 85.5 Å². The Morgan fingerprint density at radius 2 is 1.81 bits per heavy atom. The minimum atomic E-state index is -3.88. The van der Waals surface area contributed by atoms with Crippen LogP contribution in [0.1, 0.15) is 30.0 Å². The minimum Gasteiger partial charge on any atom is -0.493 e. The van der Waals surface area contributed by atoms with E-state index in [2.05, 4.69) is 24.9 Å². The Morgan fingerprint density at radius 3 is 2.47 bits per heavy atom. The maximum Gasteiger partial charge on any atom is 0.335 e. The van der Waals surface area contributed by atoms with E-state index in [9.17, 15) is 23.1 Å². The van der Waals surface area contributed by atoms with Gasteiger partial charge in [0.1, 0.15) is 10.6 Å². The molecule has 0 bridgehead atoms. The SMILES string of the molecule is CCc1nnc(NS(=O)(=O)c2ccc(N=Cc3c(O)n(-c4ccccc4CC)c(=O)[nH]c3=O)cc2)s1. The fraction of sp³-hybridized carbons (Fsp3) is 0.174. The molecule has 0 unspecified atom stereocenters. The van der Waals surface area contributed by atoms with E-state index in [0.717, 1.165) is 27.7 Å². The summed E-state index contributed by atoms with van der Waals surface area (Å²) in [6.45, 7) is 3.80. The van der Waals surface area contributed by atoms with E-state index < -0.39 is 27.2 Å². The monoisotopic (exact) mass is 526 g/mol. The second-order valence-corrected chi connectivity index (χ2v) is 10.3. The van der Waals surface area contributed by atoms with Gasteiger partial charge < -0.3 is 5.11 Å². The first kappa shape index (κ1) is 25.0. The summed E-state index contributed by atoms with van der Waals surface area (Å²) >= 11 is 1.15. The third-order valence-corrected chi connectivity index (χ3v) is 7.68. The first-order chi connectivity index (χ1) is 17.2. The van der Waals surface area contributed by atoms with E-state index in [1.165, 1.54) is 24.3 Å². The molecule has 0 fully saturated rings. The predicted molar refractivity (Wildman–Crippen MR) is 137 cm³/mol. The van der Waals surface area contributed by atoms with E-state index >= 15 is 0 Å². The lowest BCUT2D eigenvalue weighted by Gasteiger charge is -2.13. The van der Waals surface area contributed by atoms with Gasteiger partial charge in [-0.15, -0.1) is 10.2 Å². The number of aromatic amines is 1. The normalized spacial score (nSPS) is 11.7. The molecule has 0 saturated carbocycles. The van der Waals surface area contributed by atoms with Gasteiger partial charge in [0.05, 0.1) is 16.3 Å². The highest BCUT2D eigenvalue weighted by atomic mass is 32.2. The maximum atomic E-state index is 12.6. The van der Waals surface area contributed by atoms with Crippen molar-refractivity contribution in [2.24, 2.45) is 4.99 Å². The van der Waals surface area contributed by atoms with Crippen LogP contribution in [-0.2, 0) is 22.9 Å². The number of aromatic hydroxyl groups is 1. The van der Waals surface area contributed by atoms with Gasteiger partial charge in [0, 0.05) is 6.21 Å². The molecule has 0 radical (unpaired) electrons. The molecule has 0 aliphatic heterocycles. The fourth-order valence-corrected chi connectivity index (χ4v) is 5.28. The second kappa shape index (κ2) is 10.3. The van der Waals surface area contributed by atoms with Crippen LogP contribution in [0.5, 0.6) is 5.88 Å². The molecule has 11 nitrogen and oxygen atoms in total. The number of anilines is 1. The fourth-order valence-electron chi connectivity index (χ4n) is 3.37. The number of hydrogen-bond acceptors (Lipinski definition) is 9. The van der Waals surface area contributed by atoms with Crippen LogP contribution in [0.25, 0.3) is 5.69 Å². The zero-order valence-electron chi connectivity index (χ0n) is 19.3. The lowest BCUT2D eigenvalue weighted by atomic mass is 10.1. The van der Waals surface area contributed by atoms with Crippen molar-refractivity contribution in [1.82, 2.24) is 19.7 Å². The van der Waals surface area contributed by atoms with Gasteiger partial charge in [-0.2, -0.15) is 0 Å². The van der Waals surface area contributed by atoms with Crippen molar-refractivity contribution in [2.75, 3.05) is 4.72 Å². The summed E-state index contributed by atoms with van der Waals surface area (Å²) in [6, 6.07) is 12.6. The Balaban J connectivity index is 1.62. The summed E-state index contributed by atoms with van der Waals surface area (Å²) in [4.78, 5) is 31.2. The molecular formula is C23H22N6O5S2. The molecule has 4 rings (SSSR count). The van der Waals surface area contributed by atoms with E-state index in [1.807, 2.05) is 26.0 Å².